The Kier molecular flexibility index (Phi) is 10.4. The number of benzene rings is 1. The molecule has 10 heteroatoms. The molecule has 0 atom stereocenters. The van der Waals surface area contributed by atoms with E-state index >= 15 is 0 Å². The van der Waals surface area contributed by atoms with Gasteiger partial charge in [-0.15, -0.1) is 24.0 Å². The average molecular weight is 553 g/mol. The predicted molar refractivity (Wildman–Crippen MR) is 137 cm³/mol. The zero-order valence-electron chi connectivity index (χ0n) is 18.9. The molecule has 1 aromatic heterocycles. The van der Waals surface area contributed by atoms with Gasteiger partial charge in [0, 0.05) is 77.7 Å². The highest BCUT2D eigenvalue weighted by Gasteiger charge is 2.22. The van der Waals surface area contributed by atoms with Gasteiger partial charge in [0.05, 0.1) is 7.11 Å². The van der Waals surface area contributed by atoms with Crippen molar-refractivity contribution in [1.29, 1.82) is 0 Å². The number of para-hydroxylation sites is 1. The van der Waals surface area contributed by atoms with Crippen molar-refractivity contribution >= 4 is 41.8 Å². The van der Waals surface area contributed by atoms with E-state index in [4.69, 9.17) is 4.74 Å². The highest BCUT2D eigenvalue weighted by atomic mass is 127. The average Bonchev–Trinajstić information content (AvgIpc) is 2.82. The van der Waals surface area contributed by atoms with Gasteiger partial charge in [0.25, 0.3) is 0 Å². The minimum absolute atomic E-state index is 0. The number of carbonyl (C=O) groups is 1. The SMILES string of the molecule is CN=C(NCCC(=O)N1CCN(c2ncccn2)CC1)N(C)Cc1ccccc1OC.I. The van der Waals surface area contributed by atoms with Gasteiger partial charge in [-0.05, 0) is 12.1 Å². The van der Waals surface area contributed by atoms with Crippen molar-refractivity contribution in [2.75, 3.05) is 58.8 Å². The van der Waals surface area contributed by atoms with Crippen LogP contribution in [0.3, 0.4) is 0 Å². The fourth-order valence-electron chi connectivity index (χ4n) is 3.60. The zero-order chi connectivity index (χ0) is 22.1. The molecule has 1 saturated heterocycles. The lowest BCUT2D eigenvalue weighted by Gasteiger charge is -2.34. The number of guanidine groups is 1. The third-order valence-corrected chi connectivity index (χ3v) is 5.26. The van der Waals surface area contributed by atoms with Crippen LogP contribution in [0.5, 0.6) is 5.75 Å². The van der Waals surface area contributed by atoms with Gasteiger partial charge >= 0.3 is 0 Å². The van der Waals surface area contributed by atoms with Gasteiger partial charge in [0.2, 0.25) is 11.9 Å². The smallest absolute Gasteiger partial charge is 0.225 e. The molecule has 0 aliphatic carbocycles. The summed E-state index contributed by atoms with van der Waals surface area (Å²) in [4.78, 5) is 31.6. The van der Waals surface area contributed by atoms with E-state index in [1.807, 2.05) is 41.1 Å². The van der Waals surface area contributed by atoms with E-state index in [-0.39, 0.29) is 29.9 Å². The largest absolute Gasteiger partial charge is 0.496 e. The van der Waals surface area contributed by atoms with Gasteiger partial charge in [0.15, 0.2) is 5.96 Å². The Hall–Kier alpha value is -2.63. The quantitative estimate of drug-likeness (QED) is 0.318. The Bertz CT molecular complexity index is 874. The van der Waals surface area contributed by atoms with E-state index in [1.165, 1.54) is 0 Å². The summed E-state index contributed by atoms with van der Waals surface area (Å²) in [5, 5.41) is 3.29. The second-order valence-electron chi connectivity index (χ2n) is 7.31. The highest BCUT2D eigenvalue weighted by Crippen LogP contribution is 2.18. The zero-order valence-corrected chi connectivity index (χ0v) is 21.2. The number of aliphatic imine (C=N–C) groups is 1. The first kappa shape index (κ1) is 25.6. The van der Waals surface area contributed by atoms with E-state index in [0.29, 0.717) is 32.6 Å². The fraction of sp³-hybridized carbons (Fsp3) is 0.455. The molecule has 174 valence electrons. The molecule has 0 spiro atoms. The highest BCUT2D eigenvalue weighted by molar-refractivity contribution is 14.0. The Morgan fingerprint density at radius 2 is 1.84 bits per heavy atom. The fourth-order valence-corrected chi connectivity index (χ4v) is 3.60. The van der Waals surface area contributed by atoms with E-state index in [2.05, 4.69) is 25.2 Å². The number of hydrogen-bond donors (Lipinski definition) is 1. The van der Waals surface area contributed by atoms with Crippen LogP contribution >= 0.6 is 24.0 Å². The van der Waals surface area contributed by atoms with Crippen molar-refractivity contribution in [1.82, 2.24) is 25.1 Å². The number of rotatable bonds is 7. The maximum absolute atomic E-state index is 12.6. The van der Waals surface area contributed by atoms with Crippen LogP contribution in [0.1, 0.15) is 12.0 Å². The summed E-state index contributed by atoms with van der Waals surface area (Å²) in [6.45, 7) is 4.03. The number of methoxy groups -OCH3 is 1. The van der Waals surface area contributed by atoms with Gasteiger partial charge in [-0.1, -0.05) is 18.2 Å². The van der Waals surface area contributed by atoms with Crippen molar-refractivity contribution in [2.24, 2.45) is 4.99 Å². The third kappa shape index (κ3) is 6.94. The third-order valence-electron chi connectivity index (χ3n) is 5.26. The molecule has 1 N–H and O–H groups in total. The van der Waals surface area contributed by atoms with Gasteiger partial charge in [-0.2, -0.15) is 0 Å². The minimum Gasteiger partial charge on any atom is -0.496 e. The summed E-state index contributed by atoms with van der Waals surface area (Å²) in [6, 6.07) is 9.73. The molecule has 1 aromatic carbocycles. The van der Waals surface area contributed by atoms with Crippen molar-refractivity contribution < 1.29 is 9.53 Å². The lowest BCUT2D eigenvalue weighted by molar-refractivity contribution is -0.131. The summed E-state index contributed by atoms with van der Waals surface area (Å²) in [7, 11) is 5.38. The summed E-state index contributed by atoms with van der Waals surface area (Å²) in [5.41, 5.74) is 1.08. The van der Waals surface area contributed by atoms with E-state index < -0.39 is 0 Å². The number of ether oxygens (including phenoxy) is 1. The second kappa shape index (κ2) is 13.0. The number of anilines is 1. The number of amides is 1. The Morgan fingerprint density at radius 1 is 1.16 bits per heavy atom. The lowest BCUT2D eigenvalue weighted by atomic mass is 10.2. The Morgan fingerprint density at radius 3 is 2.50 bits per heavy atom. The molecule has 3 rings (SSSR count). The van der Waals surface area contributed by atoms with Gasteiger partial charge in [-0.25, -0.2) is 9.97 Å². The van der Waals surface area contributed by atoms with Crippen LogP contribution in [0.25, 0.3) is 0 Å². The molecule has 1 amide bonds. The maximum Gasteiger partial charge on any atom is 0.225 e. The van der Waals surface area contributed by atoms with Crippen molar-refractivity contribution in [2.45, 2.75) is 13.0 Å². The topological polar surface area (TPSA) is 86.2 Å². The van der Waals surface area contributed by atoms with E-state index in [9.17, 15) is 4.79 Å². The maximum atomic E-state index is 12.6. The summed E-state index contributed by atoms with van der Waals surface area (Å²) in [6.07, 6.45) is 3.90. The Balaban J connectivity index is 0.00000363. The molecule has 0 bridgehead atoms. The molecule has 0 radical (unpaired) electrons. The molecular weight excluding hydrogens is 521 g/mol. The number of aromatic nitrogens is 2. The predicted octanol–water partition coefficient (Wildman–Crippen LogP) is 1.85. The molecule has 2 aromatic rings. The first-order valence-corrected chi connectivity index (χ1v) is 10.5. The van der Waals surface area contributed by atoms with Crippen LogP contribution in [0.4, 0.5) is 5.95 Å². The number of nitrogens with zero attached hydrogens (tertiary/aromatic N) is 6. The van der Waals surface area contributed by atoms with Gasteiger partial charge in [-0.3, -0.25) is 9.79 Å². The first-order chi connectivity index (χ1) is 15.1. The van der Waals surface area contributed by atoms with Crippen LogP contribution in [0.15, 0.2) is 47.7 Å². The standard InChI is InChI=1S/C22H31N7O2.HI/c1-23-21(27(2)17-18-7-4-5-8-19(18)31-3)26-12-9-20(30)28-13-15-29(16-14-28)22-24-10-6-11-25-22;/h4-8,10-11H,9,12-17H2,1-3H3,(H,23,26);1H. The second-order valence-corrected chi connectivity index (χ2v) is 7.31. The monoisotopic (exact) mass is 553 g/mol. The van der Waals surface area contributed by atoms with Gasteiger partial charge < -0.3 is 24.8 Å². The molecule has 32 heavy (non-hydrogen) atoms. The molecule has 2 heterocycles. The van der Waals surface area contributed by atoms with Crippen molar-refractivity contribution in [3.8, 4) is 5.75 Å². The van der Waals surface area contributed by atoms with Gasteiger partial charge in [0.1, 0.15) is 5.75 Å². The molecule has 9 nitrogen and oxygen atoms in total. The minimum atomic E-state index is 0. The normalized spacial score (nSPS) is 13.9. The number of halogens is 1. The van der Waals surface area contributed by atoms with E-state index in [1.54, 1.807) is 32.6 Å². The molecular formula is C22H32IN7O2. The summed E-state index contributed by atoms with van der Waals surface area (Å²) < 4.78 is 5.43. The van der Waals surface area contributed by atoms with Crippen LogP contribution < -0.4 is 15.0 Å². The van der Waals surface area contributed by atoms with E-state index in [0.717, 1.165) is 36.3 Å². The van der Waals surface area contributed by atoms with Crippen molar-refractivity contribution in [3.05, 3.63) is 48.3 Å². The number of piperazine rings is 1. The lowest BCUT2D eigenvalue weighted by Crippen LogP contribution is -2.50. The molecule has 1 aliphatic heterocycles. The summed E-state index contributed by atoms with van der Waals surface area (Å²) in [5.74, 6) is 2.45. The number of nitrogens with one attached hydrogen (secondary N) is 1. The van der Waals surface area contributed by atoms with Crippen LogP contribution in [0.2, 0.25) is 0 Å². The molecule has 0 saturated carbocycles. The Labute approximate surface area is 206 Å². The van der Waals surface area contributed by atoms with Crippen LogP contribution in [0, 0.1) is 0 Å². The number of carbonyl (C=O) groups excluding carboxylic acids is 1. The summed E-state index contributed by atoms with van der Waals surface area (Å²) >= 11 is 0. The van der Waals surface area contributed by atoms with Crippen LogP contribution in [-0.2, 0) is 11.3 Å². The first-order valence-electron chi connectivity index (χ1n) is 10.5. The van der Waals surface area contributed by atoms with Crippen molar-refractivity contribution in [3.63, 3.8) is 0 Å². The molecule has 0 unspecified atom stereocenters. The number of hydrogen-bond acceptors (Lipinski definition) is 6. The molecule has 1 fully saturated rings. The van der Waals surface area contributed by atoms with Crippen LogP contribution in [-0.4, -0.2) is 85.6 Å². The molecule has 1 aliphatic rings.